The first-order valence-electron chi connectivity index (χ1n) is 7.60. The Labute approximate surface area is 129 Å². The highest BCUT2D eigenvalue weighted by Gasteiger charge is 2.30. The van der Waals surface area contributed by atoms with E-state index in [0.717, 1.165) is 43.9 Å². The topological polar surface area (TPSA) is 88.5 Å². The zero-order valence-electron chi connectivity index (χ0n) is 12.4. The summed E-state index contributed by atoms with van der Waals surface area (Å²) < 4.78 is 0. The maximum absolute atomic E-state index is 12.5. The molecule has 0 bridgehead atoms. The van der Waals surface area contributed by atoms with Crippen molar-refractivity contribution in [2.45, 2.75) is 44.2 Å². The van der Waals surface area contributed by atoms with Crippen LogP contribution in [0, 0.1) is 0 Å². The summed E-state index contributed by atoms with van der Waals surface area (Å²) in [5.41, 5.74) is 12.0. The van der Waals surface area contributed by atoms with Crippen molar-refractivity contribution in [1.29, 1.82) is 0 Å². The van der Waals surface area contributed by atoms with Crippen LogP contribution in [0.1, 0.15) is 41.8 Å². The summed E-state index contributed by atoms with van der Waals surface area (Å²) in [5, 5.41) is 0.827. The molecule has 1 saturated heterocycles. The highest BCUT2D eigenvalue weighted by Crippen LogP contribution is 2.32. The molecular weight excluding hydrogens is 286 g/mol. The molecule has 1 saturated carbocycles. The fourth-order valence-corrected chi connectivity index (χ4v) is 3.90. The predicted octanol–water partition coefficient (Wildman–Crippen LogP) is 1.28. The second-order valence-corrected chi connectivity index (χ2v) is 7.04. The van der Waals surface area contributed by atoms with Gasteiger partial charge in [-0.2, -0.15) is 0 Å². The van der Waals surface area contributed by atoms with E-state index in [9.17, 15) is 4.79 Å². The molecule has 0 radical (unpaired) electrons. The number of amides is 1. The maximum atomic E-state index is 12.5. The molecule has 1 amide bonds. The van der Waals surface area contributed by atoms with Crippen LogP contribution in [0.5, 0.6) is 0 Å². The molecule has 2 fully saturated rings. The SMILES string of the molecule is CN(C(=O)c1sc(N2CCCC(N)C2)nc1N)C1CCC1. The smallest absolute Gasteiger partial charge is 0.267 e. The van der Waals surface area contributed by atoms with Gasteiger partial charge in [0.1, 0.15) is 10.7 Å². The third-order valence-electron chi connectivity index (χ3n) is 4.51. The molecule has 21 heavy (non-hydrogen) atoms. The van der Waals surface area contributed by atoms with E-state index in [1.807, 2.05) is 11.9 Å². The van der Waals surface area contributed by atoms with Gasteiger partial charge in [-0.25, -0.2) is 4.98 Å². The number of nitrogens with two attached hydrogens (primary N) is 2. The summed E-state index contributed by atoms with van der Waals surface area (Å²) in [5.74, 6) is 0.354. The Balaban J connectivity index is 1.75. The van der Waals surface area contributed by atoms with Crippen molar-refractivity contribution in [3.8, 4) is 0 Å². The number of nitrogens with zero attached hydrogens (tertiary/aromatic N) is 3. The summed E-state index contributed by atoms with van der Waals surface area (Å²) >= 11 is 1.40. The standard InChI is InChI=1S/C14H23N5OS/c1-18(10-5-2-6-10)13(20)11-12(16)17-14(21-11)19-7-3-4-9(15)8-19/h9-10H,2-8,15-16H2,1H3. The number of piperidine rings is 1. The first-order valence-corrected chi connectivity index (χ1v) is 8.42. The van der Waals surface area contributed by atoms with Crippen LogP contribution in [0.4, 0.5) is 10.9 Å². The quantitative estimate of drug-likeness (QED) is 0.878. The van der Waals surface area contributed by atoms with Gasteiger partial charge in [0.05, 0.1) is 0 Å². The summed E-state index contributed by atoms with van der Waals surface area (Å²) in [6.45, 7) is 1.73. The number of hydrogen-bond acceptors (Lipinski definition) is 6. The molecule has 6 nitrogen and oxygen atoms in total. The fourth-order valence-electron chi connectivity index (χ4n) is 2.89. The van der Waals surface area contributed by atoms with Crippen molar-refractivity contribution in [2.75, 3.05) is 30.8 Å². The summed E-state index contributed by atoms with van der Waals surface area (Å²) in [6, 6.07) is 0.548. The molecule has 1 unspecified atom stereocenters. The lowest BCUT2D eigenvalue weighted by Gasteiger charge is -2.34. The van der Waals surface area contributed by atoms with Crippen LogP contribution < -0.4 is 16.4 Å². The third kappa shape index (κ3) is 2.85. The lowest BCUT2D eigenvalue weighted by molar-refractivity contribution is 0.0658. The van der Waals surface area contributed by atoms with Crippen molar-refractivity contribution >= 4 is 28.2 Å². The predicted molar refractivity (Wildman–Crippen MR) is 85.7 cm³/mol. The van der Waals surface area contributed by atoms with E-state index >= 15 is 0 Å². The van der Waals surface area contributed by atoms with Crippen molar-refractivity contribution in [3.05, 3.63) is 4.88 Å². The summed E-state index contributed by atoms with van der Waals surface area (Å²) in [4.78, 5) is 21.5. The first kappa shape index (κ1) is 14.6. The highest BCUT2D eigenvalue weighted by atomic mass is 32.1. The number of nitrogen functional groups attached to an aromatic ring is 1. The summed E-state index contributed by atoms with van der Waals surface area (Å²) in [7, 11) is 1.86. The zero-order chi connectivity index (χ0) is 15.0. The van der Waals surface area contributed by atoms with Crippen LogP contribution in [0.25, 0.3) is 0 Å². The average Bonchev–Trinajstić information content (AvgIpc) is 2.78. The lowest BCUT2D eigenvalue weighted by Crippen LogP contribution is -2.42. The van der Waals surface area contributed by atoms with Crippen LogP contribution in [0.3, 0.4) is 0 Å². The van der Waals surface area contributed by atoms with Crippen LogP contribution >= 0.6 is 11.3 Å². The fraction of sp³-hybridized carbons (Fsp3) is 0.714. The first-order chi connectivity index (χ1) is 10.1. The van der Waals surface area contributed by atoms with E-state index < -0.39 is 0 Å². The van der Waals surface area contributed by atoms with Gasteiger partial charge >= 0.3 is 0 Å². The van der Waals surface area contributed by atoms with Gasteiger partial charge in [-0.05, 0) is 32.1 Å². The Morgan fingerprint density at radius 1 is 1.38 bits per heavy atom. The van der Waals surface area contributed by atoms with E-state index in [2.05, 4.69) is 9.88 Å². The van der Waals surface area contributed by atoms with E-state index in [-0.39, 0.29) is 11.9 Å². The number of carbonyl (C=O) groups is 1. The Bertz CT molecular complexity index is 527. The molecule has 1 aromatic rings. The van der Waals surface area contributed by atoms with Crippen LogP contribution in [-0.4, -0.2) is 48.0 Å². The van der Waals surface area contributed by atoms with Gasteiger partial charge in [0.15, 0.2) is 5.13 Å². The highest BCUT2D eigenvalue weighted by molar-refractivity contribution is 7.18. The minimum Gasteiger partial charge on any atom is -0.382 e. The van der Waals surface area contributed by atoms with Crippen molar-refractivity contribution in [1.82, 2.24) is 9.88 Å². The maximum Gasteiger partial charge on any atom is 0.267 e. The molecule has 2 heterocycles. The molecule has 4 N–H and O–H groups in total. The van der Waals surface area contributed by atoms with E-state index in [1.165, 1.54) is 17.8 Å². The van der Waals surface area contributed by atoms with Crippen LogP contribution in [-0.2, 0) is 0 Å². The van der Waals surface area contributed by atoms with Gasteiger partial charge in [0.2, 0.25) is 0 Å². The Morgan fingerprint density at radius 2 is 2.14 bits per heavy atom. The van der Waals surface area contributed by atoms with E-state index in [1.54, 1.807) is 0 Å². The average molecular weight is 309 g/mol. The molecule has 0 aromatic carbocycles. The number of rotatable bonds is 3. The molecule has 2 aliphatic rings. The van der Waals surface area contributed by atoms with Crippen molar-refractivity contribution < 1.29 is 4.79 Å². The van der Waals surface area contributed by atoms with Gasteiger partial charge in [-0.1, -0.05) is 11.3 Å². The van der Waals surface area contributed by atoms with Crippen LogP contribution in [0.15, 0.2) is 0 Å². The summed E-state index contributed by atoms with van der Waals surface area (Å²) in [6.07, 6.45) is 5.50. The number of hydrogen-bond donors (Lipinski definition) is 2. The number of aromatic nitrogens is 1. The zero-order valence-corrected chi connectivity index (χ0v) is 13.2. The minimum absolute atomic E-state index is 0.00209. The van der Waals surface area contributed by atoms with E-state index in [0.29, 0.717) is 16.7 Å². The molecule has 1 aliphatic carbocycles. The van der Waals surface area contributed by atoms with Gasteiger partial charge in [-0.15, -0.1) is 0 Å². The molecular formula is C14H23N5OS. The van der Waals surface area contributed by atoms with Crippen molar-refractivity contribution in [2.24, 2.45) is 5.73 Å². The van der Waals surface area contributed by atoms with Gasteiger partial charge < -0.3 is 21.3 Å². The Hall–Kier alpha value is -1.34. The largest absolute Gasteiger partial charge is 0.382 e. The second kappa shape index (κ2) is 5.81. The van der Waals surface area contributed by atoms with Crippen molar-refractivity contribution in [3.63, 3.8) is 0 Å². The molecule has 1 aliphatic heterocycles. The second-order valence-electron chi connectivity index (χ2n) is 6.06. The molecule has 7 heteroatoms. The molecule has 116 valence electrons. The molecule has 3 rings (SSSR count). The Kier molecular flexibility index (Phi) is 4.03. The van der Waals surface area contributed by atoms with E-state index in [4.69, 9.17) is 11.5 Å². The van der Waals surface area contributed by atoms with Gasteiger partial charge in [0.25, 0.3) is 5.91 Å². The normalized spacial score (nSPS) is 23.0. The lowest BCUT2D eigenvalue weighted by atomic mass is 9.92. The van der Waals surface area contributed by atoms with Gasteiger partial charge in [-0.3, -0.25) is 4.79 Å². The Morgan fingerprint density at radius 3 is 2.76 bits per heavy atom. The third-order valence-corrected chi connectivity index (χ3v) is 5.63. The number of thiazole rings is 1. The number of carbonyl (C=O) groups excluding carboxylic acids is 1. The minimum atomic E-state index is 0.00209. The monoisotopic (exact) mass is 309 g/mol. The molecule has 0 spiro atoms. The molecule has 1 aromatic heterocycles. The molecule has 1 atom stereocenters. The number of anilines is 2. The van der Waals surface area contributed by atoms with Crippen LogP contribution in [0.2, 0.25) is 0 Å². The van der Waals surface area contributed by atoms with Gasteiger partial charge in [0, 0.05) is 32.2 Å².